The van der Waals surface area contributed by atoms with Crippen LogP contribution in [0.15, 0.2) is 23.3 Å². The lowest BCUT2D eigenvalue weighted by Gasteiger charge is -2.30. The highest BCUT2D eigenvalue weighted by Crippen LogP contribution is 2.27. The quantitative estimate of drug-likeness (QED) is 0.489. The topological polar surface area (TPSA) is 97.2 Å². The van der Waals surface area contributed by atoms with Crippen molar-refractivity contribution in [1.29, 1.82) is 0 Å². The van der Waals surface area contributed by atoms with Crippen molar-refractivity contribution >= 4 is 24.1 Å². The fourth-order valence-corrected chi connectivity index (χ4v) is 3.75. The third-order valence-electron chi connectivity index (χ3n) is 5.41. The summed E-state index contributed by atoms with van der Waals surface area (Å²) in [4.78, 5) is 18.3. The van der Waals surface area contributed by atoms with E-state index in [1.54, 1.807) is 13.3 Å². The normalized spacial score (nSPS) is 16.9. The standard InChI is InChI=1S/C22H31N7O3/c1-3-32-19-15-17(7-8-18(19)30-2)16-23-27-20-24-21(28-9-5-4-6-10-28)26-22(25-20)29-11-13-31-14-12-29/h7-8,15-16H,3-6,9-14H2,1-2H3,(H,24,25,26,27)/b23-16+. The van der Waals surface area contributed by atoms with Crippen LogP contribution in [0.1, 0.15) is 31.7 Å². The van der Waals surface area contributed by atoms with Crippen molar-refractivity contribution < 1.29 is 14.2 Å². The second-order valence-corrected chi connectivity index (χ2v) is 7.62. The number of piperidine rings is 1. The zero-order chi connectivity index (χ0) is 22.2. The largest absolute Gasteiger partial charge is 0.493 e. The van der Waals surface area contributed by atoms with Crippen LogP contribution in [-0.2, 0) is 4.74 Å². The summed E-state index contributed by atoms with van der Waals surface area (Å²) in [5.74, 6) is 3.15. The summed E-state index contributed by atoms with van der Waals surface area (Å²) in [6.45, 7) is 7.29. The number of rotatable bonds is 8. The number of hydrazone groups is 1. The van der Waals surface area contributed by atoms with E-state index in [2.05, 4.69) is 30.3 Å². The maximum absolute atomic E-state index is 5.64. The minimum Gasteiger partial charge on any atom is -0.493 e. The van der Waals surface area contributed by atoms with E-state index in [1.165, 1.54) is 6.42 Å². The molecule has 0 saturated carbocycles. The Balaban J connectivity index is 1.53. The number of aromatic nitrogens is 3. The Labute approximate surface area is 188 Å². The summed E-state index contributed by atoms with van der Waals surface area (Å²) < 4.78 is 16.4. The van der Waals surface area contributed by atoms with Crippen LogP contribution in [0.5, 0.6) is 11.5 Å². The molecule has 0 unspecified atom stereocenters. The molecule has 0 radical (unpaired) electrons. The summed E-state index contributed by atoms with van der Waals surface area (Å²) in [6.07, 6.45) is 5.26. The lowest BCUT2D eigenvalue weighted by molar-refractivity contribution is 0.122. The van der Waals surface area contributed by atoms with Gasteiger partial charge < -0.3 is 24.0 Å². The first kappa shape index (κ1) is 22.1. The number of morpholine rings is 1. The number of hydrogen-bond donors (Lipinski definition) is 1. The van der Waals surface area contributed by atoms with Crippen LogP contribution in [0.25, 0.3) is 0 Å². The molecule has 3 heterocycles. The van der Waals surface area contributed by atoms with Gasteiger partial charge in [0.15, 0.2) is 11.5 Å². The van der Waals surface area contributed by atoms with Crippen molar-refractivity contribution in [3.8, 4) is 11.5 Å². The Kier molecular flexibility index (Phi) is 7.55. The Morgan fingerprint density at radius 3 is 2.41 bits per heavy atom. The highest BCUT2D eigenvalue weighted by molar-refractivity contribution is 5.81. The van der Waals surface area contributed by atoms with Crippen LogP contribution in [-0.4, -0.2) is 74.3 Å². The zero-order valence-electron chi connectivity index (χ0n) is 18.8. The van der Waals surface area contributed by atoms with Crippen LogP contribution < -0.4 is 24.7 Å². The lowest BCUT2D eigenvalue weighted by atomic mass is 10.1. The van der Waals surface area contributed by atoms with E-state index < -0.39 is 0 Å². The molecule has 0 amide bonds. The fourth-order valence-electron chi connectivity index (χ4n) is 3.75. The van der Waals surface area contributed by atoms with Gasteiger partial charge in [-0.3, -0.25) is 0 Å². The van der Waals surface area contributed by atoms with Crippen LogP contribution in [0.3, 0.4) is 0 Å². The molecular weight excluding hydrogens is 410 g/mol. The molecule has 4 rings (SSSR count). The molecule has 172 valence electrons. The van der Waals surface area contributed by atoms with Crippen molar-refractivity contribution in [2.45, 2.75) is 26.2 Å². The van der Waals surface area contributed by atoms with Gasteiger partial charge in [0.1, 0.15) is 0 Å². The average molecular weight is 442 g/mol. The Hall–Kier alpha value is -3.14. The van der Waals surface area contributed by atoms with Crippen LogP contribution in [0.2, 0.25) is 0 Å². The first-order valence-electron chi connectivity index (χ1n) is 11.2. The summed E-state index contributed by atoms with van der Waals surface area (Å²) in [6, 6.07) is 5.66. The van der Waals surface area contributed by atoms with Crippen LogP contribution in [0.4, 0.5) is 17.8 Å². The third kappa shape index (κ3) is 5.56. The number of hydrogen-bond acceptors (Lipinski definition) is 10. The second kappa shape index (κ2) is 10.9. The second-order valence-electron chi connectivity index (χ2n) is 7.62. The molecule has 2 aliphatic rings. The van der Waals surface area contributed by atoms with Gasteiger partial charge in [-0.05, 0) is 49.9 Å². The number of anilines is 3. The summed E-state index contributed by atoms with van der Waals surface area (Å²) in [5, 5.41) is 4.36. The SMILES string of the molecule is CCOc1cc(/C=N/Nc2nc(N3CCCCC3)nc(N3CCOCC3)n2)ccc1OC. The van der Waals surface area contributed by atoms with E-state index in [9.17, 15) is 0 Å². The molecule has 1 aromatic carbocycles. The Bertz CT molecular complexity index is 876. The van der Waals surface area contributed by atoms with Crippen molar-refractivity contribution in [2.75, 3.05) is 68.3 Å². The van der Waals surface area contributed by atoms with Gasteiger partial charge >= 0.3 is 0 Å². The van der Waals surface area contributed by atoms with Gasteiger partial charge in [0, 0.05) is 26.2 Å². The van der Waals surface area contributed by atoms with E-state index in [-0.39, 0.29) is 0 Å². The third-order valence-corrected chi connectivity index (χ3v) is 5.41. The number of methoxy groups -OCH3 is 1. The zero-order valence-corrected chi connectivity index (χ0v) is 18.8. The predicted octanol–water partition coefficient (Wildman–Crippen LogP) is 2.55. The molecule has 0 bridgehead atoms. The van der Waals surface area contributed by atoms with E-state index in [0.29, 0.717) is 49.2 Å². The van der Waals surface area contributed by atoms with Crippen molar-refractivity contribution in [1.82, 2.24) is 15.0 Å². The first-order chi connectivity index (χ1) is 15.8. The predicted molar refractivity (Wildman–Crippen MR) is 124 cm³/mol. The molecule has 1 aromatic heterocycles. The highest BCUT2D eigenvalue weighted by atomic mass is 16.5. The van der Waals surface area contributed by atoms with E-state index >= 15 is 0 Å². The lowest BCUT2D eigenvalue weighted by Crippen LogP contribution is -2.38. The molecule has 10 heteroatoms. The van der Waals surface area contributed by atoms with Gasteiger partial charge in [-0.25, -0.2) is 5.43 Å². The molecular formula is C22H31N7O3. The van der Waals surface area contributed by atoms with Gasteiger partial charge in [0.25, 0.3) is 0 Å². The summed E-state index contributed by atoms with van der Waals surface area (Å²) in [5.41, 5.74) is 3.86. The molecule has 2 fully saturated rings. The minimum absolute atomic E-state index is 0.428. The van der Waals surface area contributed by atoms with Gasteiger partial charge in [0.2, 0.25) is 17.8 Å². The highest BCUT2D eigenvalue weighted by Gasteiger charge is 2.20. The van der Waals surface area contributed by atoms with Crippen molar-refractivity contribution in [2.24, 2.45) is 5.10 Å². The number of benzene rings is 1. The number of ether oxygens (including phenoxy) is 3. The number of nitrogens with one attached hydrogen (secondary N) is 1. The molecule has 2 aromatic rings. The molecule has 2 saturated heterocycles. The maximum Gasteiger partial charge on any atom is 0.250 e. The average Bonchev–Trinajstić information content (AvgIpc) is 2.85. The Morgan fingerprint density at radius 1 is 1.00 bits per heavy atom. The molecule has 32 heavy (non-hydrogen) atoms. The molecule has 1 N–H and O–H groups in total. The van der Waals surface area contributed by atoms with Gasteiger partial charge in [-0.1, -0.05) is 0 Å². The Morgan fingerprint density at radius 2 is 1.72 bits per heavy atom. The van der Waals surface area contributed by atoms with E-state index in [4.69, 9.17) is 19.2 Å². The molecule has 0 spiro atoms. The monoisotopic (exact) mass is 441 g/mol. The molecule has 2 aliphatic heterocycles. The number of nitrogens with zero attached hydrogens (tertiary/aromatic N) is 6. The van der Waals surface area contributed by atoms with Crippen molar-refractivity contribution in [3.63, 3.8) is 0 Å². The maximum atomic E-state index is 5.64. The molecule has 0 aliphatic carbocycles. The fraction of sp³-hybridized carbons (Fsp3) is 0.545. The minimum atomic E-state index is 0.428. The van der Waals surface area contributed by atoms with E-state index in [0.717, 1.165) is 44.6 Å². The summed E-state index contributed by atoms with van der Waals surface area (Å²) in [7, 11) is 1.62. The van der Waals surface area contributed by atoms with Gasteiger partial charge in [-0.15, -0.1) is 0 Å². The smallest absolute Gasteiger partial charge is 0.250 e. The molecule has 10 nitrogen and oxygen atoms in total. The first-order valence-corrected chi connectivity index (χ1v) is 11.2. The van der Waals surface area contributed by atoms with Crippen molar-refractivity contribution in [3.05, 3.63) is 23.8 Å². The van der Waals surface area contributed by atoms with Crippen LogP contribution in [0, 0.1) is 0 Å². The van der Waals surface area contributed by atoms with Gasteiger partial charge in [-0.2, -0.15) is 20.1 Å². The van der Waals surface area contributed by atoms with Crippen LogP contribution >= 0.6 is 0 Å². The molecule has 0 atom stereocenters. The van der Waals surface area contributed by atoms with Gasteiger partial charge in [0.05, 0.1) is 33.1 Å². The van der Waals surface area contributed by atoms with E-state index in [1.807, 2.05) is 25.1 Å². The summed E-state index contributed by atoms with van der Waals surface area (Å²) >= 11 is 0.